The van der Waals surface area contributed by atoms with Gasteiger partial charge in [0.15, 0.2) is 5.13 Å². The quantitative estimate of drug-likeness (QED) is 0.414. The number of nitrogens with zero attached hydrogens (tertiary/aromatic N) is 1. The normalized spacial score (nSPS) is 10.6. The predicted octanol–water partition coefficient (Wildman–Crippen LogP) is 6.25. The van der Waals surface area contributed by atoms with Gasteiger partial charge in [-0.2, -0.15) is 0 Å². The van der Waals surface area contributed by atoms with Crippen LogP contribution >= 0.6 is 11.3 Å². The van der Waals surface area contributed by atoms with Gasteiger partial charge < -0.3 is 10.6 Å². The number of halogens is 1. The van der Waals surface area contributed by atoms with Gasteiger partial charge in [0.1, 0.15) is 5.82 Å². The molecule has 0 bridgehead atoms. The zero-order valence-electron chi connectivity index (χ0n) is 15.6. The van der Waals surface area contributed by atoms with Gasteiger partial charge in [-0.1, -0.05) is 29.8 Å². The average molecular weight is 403 g/mol. The number of anilines is 3. The fraction of sp³-hybridized carbons (Fsp3) is 0.0435. The Morgan fingerprint density at radius 3 is 2.48 bits per heavy atom. The minimum Gasteiger partial charge on any atom is -0.332 e. The Bertz CT molecular complexity index is 1140. The molecule has 2 N–H and O–H groups in total. The van der Waals surface area contributed by atoms with Crippen LogP contribution in [-0.4, -0.2) is 10.9 Å². The van der Waals surface area contributed by atoms with Crippen molar-refractivity contribution in [3.05, 3.63) is 95.1 Å². The van der Waals surface area contributed by atoms with Gasteiger partial charge in [0.2, 0.25) is 0 Å². The smallest absolute Gasteiger partial charge is 0.255 e. The van der Waals surface area contributed by atoms with E-state index in [0.29, 0.717) is 16.4 Å². The Morgan fingerprint density at radius 1 is 0.966 bits per heavy atom. The number of hydrogen-bond donors (Lipinski definition) is 2. The van der Waals surface area contributed by atoms with Crippen molar-refractivity contribution in [2.24, 2.45) is 0 Å². The number of hydrogen-bond acceptors (Lipinski definition) is 4. The number of carbonyl (C=O) groups excluding carboxylic acids is 1. The van der Waals surface area contributed by atoms with E-state index in [0.717, 1.165) is 22.5 Å². The molecule has 29 heavy (non-hydrogen) atoms. The van der Waals surface area contributed by atoms with Crippen molar-refractivity contribution in [3.8, 4) is 11.3 Å². The fourth-order valence-electron chi connectivity index (χ4n) is 2.78. The maximum absolute atomic E-state index is 13.0. The third-order valence-corrected chi connectivity index (χ3v) is 5.09. The van der Waals surface area contributed by atoms with Crippen molar-refractivity contribution in [1.29, 1.82) is 0 Å². The first-order valence-electron chi connectivity index (χ1n) is 9.03. The molecule has 1 aromatic heterocycles. The summed E-state index contributed by atoms with van der Waals surface area (Å²) in [4.78, 5) is 17.0. The molecule has 0 aliphatic rings. The van der Waals surface area contributed by atoms with Crippen molar-refractivity contribution < 1.29 is 9.18 Å². The van der Waals surface area contributed by atoms with Gasteiger partial charge in [0, 0.05) is 27.9 Å². The van der Waals surface area contributed by atoms with E-state index in [4.69, 9.17) is 0 Å². The predicted molar refractivity (Wildman–Crippen MR) is 116 cm³/mol. The van der Waals surface area contributed by atoms with E-state index in [2.05, 4.69) is 15.6 Å². The van der Waals surface area contributed by atoms with E-state index in [1.165, 1.54) is 23.5 Å². The highest BCUT2D eigenvalue weighted by atomic mass is 32.1. The molecule has 1 heterocycles. The molecule has 144 valence electrons. The first-order chi connectivity index (χ1) is 14.1. The van der Waals surface area contributed by atoms with E-state index < -0.39 is 0 Å². The Hall–Kier alpha value is -3.51. The lowest BCUT2D eigenvalue weighted by Gasteiger charge is -2.07. The summed E-state index contributed by atoms with van der Waals surface area (Å²) in [6.07, 6.45) is 0. The summed E-state index contributed by atoms with van der Waals surface area (Å²) in [5, 5.41) is 8.74. The molecular weight excluding hydrogens is 385 g/mol. The third-order valence-electron chi connectivity index (χ3n) is 4.33. The molecular formula is C23H18FN3OS. The van der Waals surface area contributed by atoms with Crippen LogP contribution in [0.15, 0.2) is 78.2 Å². The lowest BCUT2D eigenvalue weighted by molar-refractivity contribution is 0.102. The second-order valence-corrected chi connectivity index (χ2v) is 7.43. The van der Waals surface area contributed by atoms with Gasteiger partial charge in [-0.15, -0.1) is 11.3 Å². The van der Waals surface area contributed by atoms with Crippen molar-refractivity contribution in [1.82, 2.24) is 4.98 Å². The number of amides is 1. The summed E-state index contributed by atoms with van der Waals surface area (Å²) in [5.74, 6) is -0.432. The Kier molecular flexibility index (Phi) is 5.35. The molecule has 0 fully saturated rings. The summed E-state index contributed by atoms with van der Waals surface area (Å²) in [7, 11) is 0. The van der Waals surface area contributed by atoms with E-state index in [1.807, 2.05) is 60.8 Å². The van der Waals surface area contributed by atoms with Crippen LogP contribution in [0.5, 0.6) is 0 Å². The van der Waals surface area contributed by atoms with Crippen molar-refractivity contribution in [2.75, 3.05) is 10.6 Å². The van der Waals surface area contributed by atoms with Crippen LogP contribution in [0.3, 0.4) is 0 Å². The maximum Gasteiger partial charge on any atom is 0.255 e. The fourth-order valence-corrected chi connectivity index (χ4v) is 3.52. The summed E-state index contributed by atoms with van der Waals surface area (Å²) < 4.78 is 13.0. The highest BCUT2D eigenvalue weighted by Crippen LogP contribution is 2.28. The third kappa shape index (κ3) is 4.67. The van der Waals surface area contributed by atoms with Crippen LogP contribution in [0, 0.1) is 12.7 Å². The molecule has 6 heteroatoms. The van der Waals surface area contributed by atoms with Crippen LogP contribution in [0.2, 0.25) is 0 Å². The zero-order valence-corrected chi connectivity index (χ0v) is 16.5. The highest BCUT2D eigenvalue weighted by molar-refractivity contribution is 7.14. The molecule has 4 rings (SSSR count). The molecule has 0 saturated heterocycles. The van der Waals surface area contributed by atoms with Crippen molar-refractivity contribution in [3.63, 3.8) is 0 Å². The lowest BCUT2D eigenvalue weighted by atomic mass is 10.1. The summed E-state index contributed by atoms with van der Waals surface area (Å²) in [5.41, 5.74) is 4.89. The lowest BCUT2D eigenvalue weighted by Crippen LogP contribution is -2.11. The van der Waals surface area contributed by atoms with Gasteiger partial charge in [-0.3, -0.25) is 4.79 Å². The van der Waals surface area contributed by atoms with Gasteiger partial charge in [-0.05, 0) is 55.5 Å². The standard InChI is InChI=1S/C23H18FN3OS/c1-15-5-7-16(8-6-15)22(28)25-20-4-2-3-17(13-20)21-14-29-23(27-21)26-19-11-9-18(24)10-12-19/h2-14H,1H3,(H,25,28)(H,26,27). The monoisotopic (exact) mass is 403 g/mol. The van der Waals surface area contributed by atoms with Gasteiger partial charge in [0.05, 0.1) is 5.69 Å². The molecule has 4 aromatic rings. The minimum atomic E-state index is -0.278. The van der Waals surface area contributed by atoms with Crippen molar-refractivity contribution in [2.45, 2.75) is 6.92 Å². The average Bonchev–Trinajstić information content (AvgIpc) is 3.19. The molecule has 3 aromatic carbocycles. The summed E-state index contributed by atoms with van der Waals surface area (Å²) in [6, 6.07) is 21.1. The van der Waals surface area contributed by atoms with Crippen LogP contribution in [0.1, 0.15) is 15.9 Å². The zero-order chi connectivity index (χ0) is 20.2. The minimum absolute atomic E-state index is 0.154. The van der Waals surface area contributed by atoms with Crippen LogP contribution in [-0.2, 0) is 0 Å². The second kappa shape index (κ2) is 8.24. The van der Waals surface area contributed by atoms with E-state index >= 15 is 0 Å². The number of carbonyl (C=O) groups is 1. The first kappa shape index (κ1) is 18.8. The molecule has 0 spiro atoms. The van der Waals surface area contributed by atoms with E-state index in [1.54, 1.807) is 12.1 Å². The second-order valence-electron chi connectivity index (χ2n) is 6.57. The van der Waals surface area contributed by atoms with Crippen LogP contribution in [0.25, 0.3) is 11.3 Å². The van der Waals surface area contributed by atoms with E-state index in [-0.39, 0.29) is 11.7 Å². The molecule has 0 aliphatic carbocycles. The molecule has 0 unspecified atom stereocenters. The van der Waals surface area contributed by atoms with Gasteiger partial charge in [0.25, 0.3) is 5.91 Å². The van der Waals surface area contributed by atoms with E-state index in [9.17, 15) is 9.18 Å². The van der Waals surface area contributed by atoms with Crippen molar-refractivity contribution >= 4 is 33.8 Å². The molecule has 0 aliphatic heterocycles. The largest absolute Gasteiger partial charge is 0.332 e. The molecule has 0 atom stereocenters. The molecule has 0 radical (unpaired) electrons. The molecule has 1 amide bonds. The van der Waals surface area contributed by atoms with Gasteiger partial charge >= 0.3 is 0 Å². The Labute approximate surface area is 172 Å². The first-order valence-corrected chi connectivity index (χ1v) is 9.91. The molecule has 0 saturated carbocycles. The Morgan fingerprint density at radius 2 is 1.72 bits per heavy atom. The number of aromatic nitrogens is 1. The maximum atomic E-state index is 13.0. The number of thiazole rings is 1. The van der Waals surface area contributed by atoms with Gasteiger partial charge in [-0.25, -0.2) is 9.37 Å². The number of benzene rings is 3. The SMILES string of the molecule is Cc1ccc(C(=O)Nc2cccc(-c3csc(Nc4ccc(F)cc4)n3)c2)cc1. The highest BCUT2D eigenvalue weighted by Gasteiger charge is 2.09. The molecule has 4 nitrogen and oxygen atoms in total. The summed E-state index contributed by atoms with van der Waals surface area (Å²) >= 11 is 1.46. The Balaban J connectivity index is 1.48. The topological polar surface area (TPSA) is 54.0 Å². The number of nitrogens with one attached hydrogen (secondary N) is 2. The van der Waals surface area contributed by atoms with Crippen LogP contribution < -0.4 is 10.6 Å². The van der Waals surface area contributed by atoms with Crippen LogP contribution in [0.4, 0.5) is 20.9 Å². The number of aryl methyl sites for hydroxylation is 1. The summed E-state index contributed by atoms with van der Waals surface area (Å²) in [6.45, 7) is 1.98. The number of rotatable bonds is 5.